The maximum absolute atomic E-state index is 5.93. The highest BCUT2D eigenvalue weighted by atomic mass is 35.5. The predicted octanol–water partition coefficient (Wildman–Crippen LogP) is 2.21. The fraction of sp³-hybridized carbons (Fsp3) is 0.364. The largest absolute Gasteiger partial charge is 0.330 e. The van der Waals surface area contributed by atoms with Crippen LogP contribution in [0.4, 0.5) is 0 Å². The second-order valence-corrected chi connectivity index (χ2v) is 3.88. The summed E-state index contributed by atoms with van der Waals surface area (Å²) in [6.45, 7) is 3.64. The van der Waals surface area contributed by atoms with Crippen molar-refractivity contribution >= 4 is 22.6 Å². The monoisotopic (exact) mass is 223 g/mol. The van der Waals surface area contributed by atoms with Gasteiger partial charge in [0.25, 0.3) is 0 Å². The molecule has 3 nitrogen and oxygen atoms in total. The summed E-state index contributed by atoms with van der Waals surface area (Å²) in [5.41, 5.74) is 7.64. The van der Waals surface area contributed by atoms with Crippen molar-refractivity contribution in [2.75, 3.05) is 6.54 Å². The summed E-state index contributed by atoms with van der Waals surface area (Å²) < 4.78 is 2.18. The third-order valence-corrected chi connectivity index (χ3v) is 2.71. The minimum Gasteiger partial charge on any atom is -0.330 e. The maximum atomic E-state index is 5.93. The Kier molecular flexibility index (Phi) is 2.93. The number of imidazole rings is 1. The Bertz CT molecular complexity index is 476. The van der Waals surface area contributed by atoms with E-state index in [1.54, 1.807) is 0 Å². The fourth-order valence-corrected chi connectivity index (χ4v) is 1.99. The van der Waals surface area contributed by atoms with E-state index in [0.29, 0.717) is 6.54 Å². The fourth-order valence-electron chi connectivity index (χ4n) is 1.83. The van der Waals surface area contributed by atoms with Crippen LogP contribution in [0.2, 0.25) is 5.02 Å². The van der Waals surface area contributed by atoms with E-state index in [1.165, 1.54) is 0 Å². The minimum absolute atomic E-state index is 0.622. The smallest absolute Gasteiger partial charge is 0.111 e. The third kappa shape index (κ3) is 1.85. The topological polar surface area (TPSA) is 43.8 Å². The maximum Gasteiger partial charge on any atom is 0.111 e. The van der Waals surface area contributed by atoms with Crippen LogP contribution in [0.25, 0.3) is 11.0 Å². The van der Waals surface area contributed by atoms with Gasteiger partial charge in [-0.05, 0) is 31.7 Å². The van der Waals surface area contributed by atoms with Crippen LogP contribution in [0.5, 0.6) is 0 Å². The van der Waals surface area contributed by atoms with E-state index in [0.717, 1.165) is 34.8 Å². The summed E-state index contributed by atoms with van der Waals surface area (Å²) in [5, 5.41) is 0.725. The average molecular weight is 224 g/mol. The van der Waals surface area contributed by atoms with Gasteiger partial charge in [0.15, 0.2) is 0 Å². The molecule has 0 amide bonds. The number of rotatable bonds is 3. The van der Waals surface area contributed by atoms with Crippen molar-refractivity contribution in [3.63, 3.8) is 0 Å². The lowest BCUT2D eigenvalue weighted by atomic mass is 10.3. The Morgan fingerprint density at radius 2 is 2.27 bits per heavy atom. The van der Waals surface area contributed by atoms with Gasteiger partial charge in [-0.25, -0.2) is 4.98 Å². The highest BCUT2D eigenvalue weighted by molar-refractivity contribution is 6.31. The molecule has 0 atom stereocenters. The number of hydrogen-bond acceptors (Lipinski definition) is 2. The summed E-state index contributed by atoms with van der Waals surface area (Å²) in [6, 6.07) is 5.79. The van der Waals surface area contributed by atoms with Gasteiger partial charge in [-0.1, -0.05) is 11.6 Å². The number of aromatic nitrogens is 2. The molecule has 0 fully saturated rings. The normalized spacial score (nSPS) is 11.1. The van der Waals surface area contributed by atoms with E-state index in [4.69, 9.17) is 17.3 Å². The second-order valence-electron chi connectivity index (χ2n) is 3.44. The second kappa shape index (κ2) is 4.21. The van der Waals surface area contributed by atoms with Gasteiger partial charge in [0.05, 0.1) is 11.0 Å². The number of hydrogen-bond donors (Lipinski definition) is 1. The molecule has 0 saturated heterocycles. The number of benzene rings is 1. The first-order valence-corrected chi connectivity index (χ1v) is 5.48. The summed E-state index contributed by atoms with van der Waals surface area (Å²) >= 11 is 5.93. The van der Waals surface area contributed by atoms with Crippen molar-refractivity contribution in [2.45, 2.75) is 19.9 Å². The first-order chi connectivity index (χ1) is 7.26. The van der Waals surface area contributed by atoms with Crippen LogP contribution in [0.15, 0.2) is 18.2 Å². The Hall–Kier alpha value is -1.06. The van der Waals surface area contributed by atoms with Gasteiger partial charge in [0, 0.05) is 18.0 Å². The Morgan fingerprint density at radius 1 is 1.47 bits per heavy atom. The van der Waals surface area contributed by atoms with E-state index in [2.05, 4.69) is 16.5 Å². The molecule has 15 heavy (non-hydrogen) atoms. The van der Waals surface area contributed by atoms with Crippen LogP contribution < -0.4 is 5.73 Å². The third-order valence-electron chi connectivity index (χ3n) is 2.47. The summed E-state index contributed by atoms with van der Waals surface area (Å²) in [6.07, 6.45) is 0.806. The summed E-state index contributed by atoms with van der Waals surface area (Å²) in [7, 11) is 0. The summed E-state index contributed by atoms with van der Waals surface area (Å²) in [5.74, 6) is 1.04. The minimum atomic E-state index is 0.622. The number of fused-ring (bicyclic) bond motifs is 1. The van der Waals surface area contributed by atoms with Crippen LogP contribution in [0.1, 0.15) is 12.7 Å². The van der Waals surface area contributed by atoms with E-state index >= 15 is 0 Å². The molecule has 1 heterocycles. The SMILES string of the molecule is CCn1c(CCN)nc2cc(Cl)ccc21. The molecule has 2 rings (SSSR count). The first kappa shape index (κ1) is 10.5. The van der Waals surface area contributed by atoms with E-state index < -0.39 is 0 Å². The quantitative estimate of drug-likeness (QED) is 0.867. The van der Waals surface area contributed by atoms with E-state index in [9.17, 15) is 0 Å². The first-order valence-electron chi connectivity index (χ1n) is 5.11. The molecular formula is C11H14ClN3. The standard InChI is InChI=1S/C11H14ClN3/c1-2-15-10-4-3-8(12)7-9(10)14-11(15)5-6-13/h3-4,7H,2,5-6,13H2,1H3. The highest BCUT2D eigenvalue weighted by Crippen LogP contribution is 2.20. The number of halogens is 1. The average Bonchev–Trinajstić information content (AvgIpc) is 2.54. The van der Waals surface area contributed by atoms with Gasteiger partial charge in [0.1, 0.15) is 5.82 Å². The zero-order valence-corrected chi connectivity index (χ0v) is 9.46. The number of nitrogens with two attached hydrogens (primary N) is 1. The lowest BCUT2D eigenvalue weighted by molar-refractivity contribution is 0.711. The van der Waals surface area contributed by atoms with Gasteiger partial charge in [0.2, 0.25) is 0 Å². The zero-order chi connectivity index (χ0) is 10.8. The van der Waals surface area contributed by atoms with E-state index in [1.807, 2.05) is 18.2 Å². The van der Waals surface area contributed by atoms with E-state index in [-0.39, 0.29) is 0 Å². The summed E-state index contributed by atoms with van der Waals surface area (Å²) in [4.78, 5) is 4.53. The van der Waals surface area contributed by atoms with Crippen molar-refractivity contribution in [3.05, 3.63) is 29.0 Å². The number of aryl methyl sites for hydroxylation is 1. The molecule has 80 valence electrons. The Labute approximate surface area is 93.9 Å². The molecule has 0 unspecified atom stereocenters. The van der Waals surface area contributed by atoms with Gasteiger partial charge in [-0.3, -0.25) is 0 Å². The molecule has 2 N–H and O–H groups in total. The van der Waals surface area contributed by atoms with Crippen molar-refractivity contribution in [1.29, 1.82) is 0 Å². The van der Waals surface area contributed by atoms with Crippen LogP contribution >= 0.6 is 11.6 Å². The lowest BCUT2D eigenvalue weighted by Gasteiger charge is -2.04. The molecule has 0 radical (unpaired) electrons. The molecule has 0 aliphatic carbocycles. The van der Waals surface area contributed by atoms with Gasteiger partial charge >= 0.3 is 0 Å². The molecule has 0 spiro atoms. The molecule has 0 bridgehead atoms. The predicted molar refractivity (Wildman–Crippen MR) is 63.2 cm³/mol. The Balaban J connectivity index is 2.62. The molecule has 0 aliphatic rings. The molecule has 0 saturated carbocycles. The van der Waals surface area contributed by atoms with Crippen LogP contribution in [0, 0.1) is 0 Å². The van der Waals surface area contributed by atoms with Gasteiger partial charge in [-0.2, -0.15) is 0 Å². The number of nitrogens with zero attached hydrogens (tertiary/aromatic N) is 2. The molecule has 2 aromatic rings. The molecular weight excluding hydrogens is 210 g/mol. The van der Waals surface area contributed by atoms with Crippen molar-refractivity contribution in [3.8, 4) is 0 Å². The molecule has 0 aliphatic heterocycles. The van der Waals surface area contributed by atoms with Crippen LogP contribution in [0.3, 0.4) is 0 Å². The molecule has 1 aromatic carbocycles. The zero-order valence-electron chi connectivity index (χ0n) is 8.70. The van der Waals surface area contributed by atoms with Crippen molar-refractivity contribution < 1.29 is 0 Å². The van der Waals surface area contributed by atoms with Gasteiger partial charge in [-0.15, -0.1) is 0 Å². The van der Waals surface area contributed by atoms with Crippen molar-refractivity contribution in [2.24, 2.45) is 5.73 Å². The molecule has 1 aromatic heterocycles. The van der Waals surface area contributed by atoms with Gasteiger partial charge < -0.3 is 10.3 Å². The Morgan fingerprint density at radius 3 is 2.93 bits per heavy atom. The lowest BCUT2D eigenvalue weighted by Crippen LogP contribution is -2.09. The van der Waals surface area contributed by atoms with Crippen molar-refractivity contribution in [1.82, 2.24) is 9.55 Å². The molecule has 4 heteroatoms. The highest BCUT2D eigenvalue weighted by Gasteiger charge is 2.08. The van der Waals surface area contributed by atoms with Crippen LogP contribution in [-0.4, -0.2) is 16.1 Å². The van der Waals surface area contributed by atoms with Crippen LogP contribution in [-0.2, 0) is 13.0 Å².